The Morgan fingerprint density at radius 3 is 2.40 bits per heavy atom. The highest BCUT2D eigenvalue weighted by atomic mass is 79.9. The Labute approximate surface area is 124 Å². The highest BCUT2D eigenvalue weighted by molar-refractivity contribution is 9.10. The maximum atomic E-state index is 4.54. The predicted molar refractivity (Wildman–Crippen MR) is 86.3 cm³/mol. The predicted octanol–water partition coefficient (Wildman–Crippen LogP) is 4.94. The van der Waals surface area contributed by atoms with E-state index in [1.54, 1.807) is 0 Å². The summed E-state index contributed by atoms with van der Waals surface area (Å²) in [5.41, 5.74) is 4.51. The van der Waals surface area contributed by atoms with Gasteiger partial charge in [-0.1, -0.05) is 34.1 Å². The largest absolute Gasteiger partial charge is 0.308 e. The molecule has 0 unspecified atom stereocenters. The van der Waals surface area contributed by atoms with Crippen LogP contribution in [0.1, 0.15) is 0 Å². The van der Waals surface area contributed by atoms with Gasteiger partial charge >= 0.3 is 0 Å². The zero-order valence-electron chi connectivity index (χ0n) is 10.6. The van der Waals surface area contributed by atoms with Crippen molar-refractivity contribution in [1.82, 2.24) is 9.55 Å². The fourth-order valence-corrected chi connectivity index (χ4v) is 2.92. The molecule has 0 saturated heterocycles. The Morgan fingerprint density at radius 2 is 1.55 bits per heavy atom. The number of para-hydroxylation sites is 1. The summed E-state index contributed by atoms with van der Waals surface area (Å²) in [7, 11) is 0. The normalized spacial score (nSPS) is 11.2. The standard InChI is InChI=1S/C17H11BrN2/c18-12-7-9-13(10-8-12)20-15-5-2-1-4-14(15)17-16(20)6-3-11-19-17/h1-11H. The Bertz CT molecular complexity index is 854. The van der Waals surface area contributed by atoms with E-state index in [1.807, 2.05) is 12.3 Å². The minimum atomic E-state index is 1.05. The number of nitrogens with zero attached hydrogens (tertiary/aromatic N) is 2. The molecule has 4 rings (SSSR count). The second-order valence-corrected chi connectivity index (χ2v) is 5.62. The molecule has 0 bridgehead atoms. The second kappa shape index (κ2) is 4.46. The van der Waals surface area contributed by atoms with E-state index < -0.39 is 0 Å². The van der Waals surface area contributed by atoms with Crippen LogP contribution in [0, 0.1) is 0 Å². The third-order valence-corrected chi connectivity index (χ3v) is 4.04. The molecule has 2 heterocycles. The van der Waals surface area contributed by atoms with Gasteiger partial charge in [0.15, 0.2) is 0 Å². The first-order valence-electron chi connectivity index (χ1n) is 6.45. The SMILES string of the molecule is Brc1ccc(-n2c3ccccc3c3ncccc32)cc1. The number of halogens is 1. The summed E-state index contributed by atoms with van der Waals surface area (Å²) in [5.74, 6) is 0. The van der Waals surface area contributed by atoms with Crippen LogP contribution in [0.5, 0.6) is 0 Å². The van der Waals surface area contributed by atoms with Gasteiger partial charge in [-0.3, -0.25) is 4.98 Å². The Morgan fingerprint density at radius 1 is 0.800 bits per heavy atom. The van der Waals surface area contributed by atoms with E-state index in [9.17, 15) is 0 Å². The number of benzene rings is 2. The van der Waals surface area contributed by atoms with E-state index in [0.29, 0.717) is 0 Å². The molecule has 0 atom stereocenters. The molecule has 2 aromatic carbocycles. The lowest BCUT2D eigenvalue weighted by molar-refractivity contribution is 1.17. The van der Waals surface area contributed by atoms with E-state index in [0.717, 1.165) is 21.2 Å². The van der Waals surface area contributed by atoms with Gasteiger partial charge in [-0.05, 0) is 42.5 Å². The van der Waals surface area contributed by atoms with E-state index in [-0.39, 0.29) is 0 Å². The lowest BCUT2D eigenvalue weighted by atomic mass is 10.2. The smallest absolute Gasteiger partial charge is 0.0963 e. The summed E-state index contributed by atoms with van der Waals surface area (Å²) in [4.78, 5) is 4.54. The molecule has 2 nitrogen and oxygen atoms in total. The van der Waals surface area contributed by atoms with Gasteiger partial charge in [0, 0.05) is 21.7 Å². The van der Waals surface area contributed by atoms with Crippen LogP contribution in [0.15, 0.2) is 71.3 Å². The summed E-state index contributed by atoms with van der Waals surface area (Å²) in [6, 6.07) is 20.8. The van der Waals surface area contributed by atoms with Crippen molar-refractivity contribution in [3.8, 4) is 5.69 Å². The average molecular weight is 323 g/mol. The van der Waals surface area contributed by atoms with Crippen LogP contribution in [0.4, 0.5) is 0 Å². The lowest BCUT2D eigenvalue weighted by Gasteiger charge is -2.07. The molecular weight excluding hydrogens is 312 g/mol. The minimum absolute atomic E-state index is 1.05. The fraction of sp³-hybridized carbons (Fsp3) is 0. The van der Waals surface area contributed by atoms with E-state index in [2.05, 4.69) is 80.1 Å². The molecule has 3 heteroatoms. The average Bonchev–Trinajstić information content (AvgIpc) is 2.83. The van der Waals surface area contributed by atoms with Crippen LogP contribution in [-0.4, -0.2) is 9.55 Å². The second-order valence-electron chi connectivity index (χ2n) is 4.70. The molecule has 0 N–H and O–H groups in total. The van der Waals surface area contributed by atoms with Crippen LogP contribution >= 0.6 is 15.9 Å². The molecule has 2 aromatic heterocycles. The third kappa shape index (κ3) is 1.67. The number of fused-ring (bicyclic) bond motifs is 3. The van der Waals surface area contributed by atoms with Crippen molar-refractivity contribution in [3.63, 3.8) is 0 Å². The van der Waals surface area contributed by atoms with Crippen molar-refractivity contribution in [1.29, 1.82) is 0 Å². The van der Waals surface area contributed by atoms with E-state index >= 15 is 0 Å². The molecular formula is C17H11BrN2. The Hall–Kier alpha value is -2.13. The molecule has 0 spiro atoms. The van der Waals surface area contributed by atoms with Crippen molar-refractivity contribution < 1.29 is 0 Å². The number of hydrogen-bond donors (Lipinski definition) is 0. The molecule has 0 fully saturated rings. The van der Waals surface area contributed by atoms with Crippen LogP contribution in [-0.2, 0) is 0 Å². The molecule has 0 radical (unpaired) electrons. The monoisotopic (exact) mass is 322 g/mol. The summed E-state index contributed by atoms with van der Waals surface area (Å²) in [6.07, 6.45) is 1.85. The van der Waals surface area contributed by atoms with Crippen LogP contribution in [0.3, 0.4) is 0 Å². The first-order chi connectivity index (χ1) is 9.84. The van der Waals surface area contributed by atoms with Gasteiger partial charge < -0.3 is 4.57 Å². The molecule has 96 valence electrons. The van der Waals surface area contributed by atoms with E-state index in [1.165, 1.54) is 10.9 Å². The quantitative estimate of drug-likeness (QED) is 0.485. The van der Waals surface area contributed by atoms with Crippen molar-refractivity contribution in [2.45, 2.75) is 0 Å². The van der Waals surface area contributed by atoms with Gasteiger partial charge in [0.1, 0.15) is 0 Å². The number of aromatic nitrogens is 2. The molecule has 20 heavy (non-hydrogen) atoms. The third-order valence-electron chi connectivity index (χ3n) is 3.51. The Balaban J connectivity index is 2.17. The zero-order valence-corrected chi connectivity index (χ0v) is 12.2. The van der Waals surface area contributed by atoms with Crippen molar-refractivity contribution in [2.24, 2.45) is 0 Å². The minimum Gasteiger partial charge on any atom is -0.308 e. The molecule has 0 saturated carbocycles. The summed E-state index contributed by atoms with van der Waals surface area (Å²) >= 11 is 3.49. The van der Waals surface area contributed by atoms with Crippen molar-refractivity contribution in [2.75, 3.05) is 0 Å². The highest BCUT2D eigenvalue weighted by Crippen LogP contribution is 2.30. The van der Waals surface area contributed by atoms with Gasteiger partial charge in [-0.15, -0.1) is 0 Å². The molecule has 4 aromatic rings. The fourth-order valence-electron chi connectivity index (χ4n) is 2.65. The van der Waals surface area contributed by atoms with Gasteiger partial charge in [0.2, 0.25) is 0 Å². The van der Waals surface area contributed by atoms with Gasteiger partial charge in [-0.2, -0.15) is 0 Å². The van der Waals surface area contributed by atoms with Crippen LogP contribution < -0.4 is 0 Å². The first-order valence-corrected chi connectivity index (χ1v) is 7.24. The summed E-state index contributed by atoms with van der Waals surface area (Å²) in [5, 5.41) is 1.19. The maximum Gasteiger partial charge on any atom is 0.0963 e. The number of hydrogen-bond acceptors (Lipinski definition) is 1. The van der Waals surface area contributed by atoms with Crippen LogP contribution in [0.25, 0.3) is 27.6 Å². The number of rotatable bonds is 1. The van der Waals surface area contributed by atoms with Crippen molar-refractivity contribution in [3.05, 3.63) is 71.3 Å². The summed E-state index contributed by atoms with van der Waals surface area (Å²) in [6.45, 7) is 0. The maximum absolute atomic E-state index is 4.54. The van der Waals surface area contributed by atoms with Gasteiger partial charge in [0.05, 0.1) is 16.6 Å². The van der Waals surface area contributed by atoms with Gasteiger partial charge in [-0.25, -0.2) is 0 Å². The van der Waals surface area contributed by atoms with E-state index in [4.69, 9.17) is 0 Å². The molecule has 0 aliphatic carbocycles. The summed E-state index contributed by atoms with van der Waals surface area (Å²) < 4.78 is 3.34. The molecule has 0 aliphatic heterocycles. The van der Waals surface area contributed by atoms with Crippen LogP contribution in [0.2, 0.25) is 0 Å². The Kier molecular flexibility index (Phi) is 2.60. The zero-order chi connectivity index (χ0) is 13.5. The molecule has 0 amide bonds. The topological polar surface area (TPSA) is 17.8 Å². The first kappa shape index (κ1) is 11.7. The highest BCUT2D eigenvalue weighted by Gasteiger charge is 2.11. The van der Waals surface area contributed by atoms with Gasteiger partial charge in [0.25, 0.3) is 0 Å². The lowest BCUT2D eigenvalue weighted by Crippen LogP contribution is -1.93. The van der Waals surface area contributed by atoms with Crippen molar-refractivity contribution >= 4 is 37.9 Å². The number of pyridine rings is 1. The molecule has 0 aliphatic rings.